The van der Waals surface area contributed by atoms with Crippen LogP contribution in [0.3, 0.4) is 0 Å². The Morgan fingerprint density at radius 2 is 1.75 bits per heavy atom. The molecule has 0 amide bonds. The number of carboxylic acids is 1. The molecule has 106 valence electrons. The molecular formula is C13H13NO6. The topological polar surface area (TPSA) is 123 Å². The molecule has 1 heterocycles. The molecule has 20 heavy (non-hydrogen) atoms. The van der Waals surface area contributed by atoms with Gasteiger partial charge in [-0.25, -0.2) is 0 Å². The van der Waals surface area contributed by atoms with Crippen molar-refractivity contribution in [3.05, 3.63) is 35.4 Å². The number of hydrogen-bond donors (Lipinski definition) is 5. The molecule has 0 unspecified atom stereocenters. The highest BCUT2D eigenvalue weighted by Crippen LogP contribution is 2.32. The molecule has 0 aliphatic carbocycles. The van der Waals surface area contributed by atoms with Crippen LogP contribution in [0.15, 0.2) is 24.3 Å². The van der Waals surface area contributed by atoms with Gasteiger partial charge in [0.1, 0.15) is 18.0 Å². The van der Waals surface area contributed by atoms with Gasteiger partial charge < -0.3 is 25.5 Å². The van der Waals surface area contributed by atoms with Gasteiger partial charge in [0, 0.05) is 24.1 Å². The molecule has 0 radical (unpaired) electrons. The average Bonchev–Trinajstić information content (AvgIpc) is 2.60. The Hall–Kier alpha value is -2.83. The molecule has 1 aromatic carbocycles. The van der Waals surface area contributed by atoms with Crippen LogP contribution in [0.25, 0.3) is 0 Å². The first-order chi connectivity index (χ1) is 9.38. The van der Waals surface area contributed by atoms with E-state index in [1.165, 1.54) is 18.2 Å². The third-order valence-electron chi connectivity index (χ3n) is 2.87. The summed E-state index contributed by atoms with van der Waals surface area (Å²) in [5, 5.41) is 47.0. The van der Waals surface area contributed by atoms with Crippen LogP contribution in [0.1, 0.15) is 11.1 Å². The van der Waals surface area contributed by atoms with E-state index in [0.29, 0.717) is 5.56 Å². The molecule has 0 aliphatic rings. The van der Waals surface area contributed by atoms with E-state index in [1.807, 2.05) is 0 Å². The van der Waals surface area contributed by atoms with E-state index in [-0.39, 0.29) is 35.2 Å². The summed E-state index contributed by atoms with van der Waals surface area (Å²) in [6.45, 7) is -0.570. The van der Waals surface area contributed by atoms with Crippen molar-refractivity contribution in [2.24, 2.45) is 0 Å². The first-order valence-electron chi connectivity index (χ1n) is 5.71. The first kappa shape index (κ1) is 13.6. The molecule has 5 N–H and O–H groups in total. The summed E-state index contributed by atoms with van der Waals surface area (Å²) in [4.78, 5) is 10.6. The number of nitrogens with zero attached hydrogens (tertiary/aromatic N) is 1. The SMILES string of the molecule is O=C(O)Cn1c(O)cc(Cc2ccc(O)cc2O)c1O. The van der Waals surface area contributed by atoms with Crippen LogP contribution in [0.4, 0.5) is 0 Å². The van der Waals surface area contributed by atoms with Crippen LogP contribution in [0.2, 0.25) is 0 Å². The lowest BCUT2D eigenvalue weighted by molar-refractivity contribution is -0.137. The van der Waals surface area contributed by atoms with Gasteiger partial charge in [-0.2, -0.15) is 0 Å². The average molecular weight is 279 g/mol. The summed E-state index contributed by atoms with van der Waals surface area (Å²) >= 11 is 0. The van der Waals surface area contributed by atoms with Gasteiger partial charge >= 0.3 is 5.97 Å². The van der Waals surface area contributed by atoms with Gasteiger partial charge in [0.25, 0.3) is 0 Å². The maximum Gasteiger partial charge on any atom is 0.323 e. The minimum atomic E-state index is -1.20. The minimum absolute atomic E-state index is 0.0815. The Morgan fingerprint density at radius 1 is 1.05 bits per heavy atom. The molecule has 1 aromatic heterocycles. The summed E-state index contributed by atoms with van der Waals surface area (Å²) in [7, 11) is 0. The molecule has 7 heteroatoms. The number of phenols is 2. The lowest BCUT2D eigenvalue weighted by Gasteiger charge is -2.06. The number of carbonyl (C=O) groups is 1. The number of rotatable bonds is 4. The number of aliphatic carboxylic acids is 1. The van der Waals surface area contributed by atoms with E-state index in [9.17, 15) is 25.2 Å². The van der Waals surface area contributed by atoms with Crippen molar-refractivity contribution < 1.29 is 30.3 Å². The van der Waals surface area contributed by atoms with Gasteiger partial charge in [0.2, 0.25) is 0 Å². The van der Waals surface area contributed by atoms with E-state index < -0.39 is 12.5 Å². The van der Waals surface area contributed by atoms with E-state index in [0.717, 1.165) is 10.6 Å². The normalized spacial score (nSPS) is 10.6. The third kappa shape index (κ3) is 2.61. The van der Waals surface area contributed by atoms with Crippen molar-refractivity contribution in [2.45, 2.75) is 13.0 Å². The highest BCUT2D eigenvalue weighted by molar-refractivity contribution is 5.67. The van der Waals surface area contributed by atoms with Crippen molar-refractivity contribution in [1.82, 2.24) is 4.57 Å². The quantitative estimate of drug-likeness (QED) is 0.568. The highest BCUT2D eigenvalue weighted by Gasteiger charge is 2.17. The molecule has 0 saturated carbocycles. The number of benzene rings is 1. The summed E-state index contributed by atoms with van der Waals surface area (Å²) in [6, 6.07) is 5.22. The van der Waals surface area contributed by atoms with Crippen molar-refractivity contribution in [2.75, 3.05) is 0 Å². The molecule has 0 atom stereocenters. The Morgan fingerprint density at radius 3 is 2.35 bits per heavy atom. The molecule has 2 rings (SSSR count). The second-order valence-electron chi connectivity index (χ2n) is 4.32. The predicted octanol–water partition coefficient (Wildman–Crippen LogP) is 0.986. The third-order valence-corrected chi connectivity index (χ3v) is 2.87. The Labute approximate surface area is 113 Å². The molecule has 0 spiro atoms. The van der Waals surface area contributed by atoms with Gasteiger partial charge in [-0.05, 0) is 11.6 Å². The van der Waals surface area contributed by atoms with Crippen molar-refractivity contribution >= 4 is 5.97 Å². The Balaban J connectivity index is 2.32. The largest absolute Gasteiger partial charge is 0.508 e. The van der Waals surface area contributed by atoms with Crippen LogP contribution in [-0.4, -0.2) is 36.1 Å². The number of phenolic OH excluding ortho intramolecular Hbond substituents is 2. The fourth-order valence-electron chi connectivity index (χ4n) is 1.91. The van der Waals surface area contributed by atoms with Crippen molar-refractivity contribution in [3.8, 4) is 23.3 Å². The van der Waals surface area contributed by atoms with Gasteiger partial charge in [-0.3, -0.25) is 9.36 Å². The standard InChI is InChI=1S/C13H13NO6/c15-9-2-1-7(10(16)5-9)3-8-4-11(17)14(13(8)20)6-12(18)19/h1-2,4-5,15-17,20H,3,6H2,(H,18,19). The summed E-state index contributed by atoms with van der Waals surface area (Å²) in [5.41, 5.74) is 0.690. The maximum absolute atomic E-state index is 10.6. The summed E-state index contributed by atoms with van der Waals surface area (Å²) in [5.74, 6) is -2.21. The maximum atomic E-state index is 10.6. The number of hydrogen-bond acceptors (Lipinski definition) is 5. The first-order valence-corrected chi connectivity index (χ1v) is 5.71. The molecule has 0 fully saturated rings. The van der Waals surface area contributed by atoms with Crippen molar-refractivity contribution in [3.63, 3.8) is 0 Å². The number of carboxylic acid groups (broad SMARTS) is 1. The Kier molecular flexibility index (Phi) is 3.43. The van der Waals surface area contributed by atoms with Crippen LogP contribution >= 0.6 is 0 Å². The van der Waals surface area contributed by atoms with E-state index >= 15 is 0 Å². The van der Waals surface area contributed by atoms with E-state index in [2.05, 4.69) is 0 Å². The predicted molar refractivity (Wildman–Crippen MR) is 68.0 cm³/mol. The molecule has 0 bridgehead atoms. The molecule has 0 saturated heterocycles. The molecule has 2 aromatic rings. The monoisotopic (exact) mass is 279 g/mol. The fraction of sp³-hybridized carbons (Fsp3) is 0.154. The molecule has 0 aliphatic heterocycles. The highest BCUT2D eigenvalue weighted by atomic mass is 16.4. The van der Waals surface area contributed by atoms with Gasteiger partial charge in [-0.15, -0.1) is 0 Å². The van der Waals surface area contributed by atoms with E-state index in [1.54, 1.807) is 0 Å². The zero-order valence-electron chi connectivity index (χ0n) is 10.3. The number of aromatic nitrogens is 1. The van der Waals surface area contributed by atoms with Crippen LogP contribution in [0, 0.1) is 0 Å². The van der Waals surface area contributed by atoms with Crippen LogP contribution in [-0.2, 0) is 17.8 Å². The molecular weight excluding hydrogens is 266 g/mol. The fourth-order valence-corrected chi connectivity index (χ4v) is 1.91. The van der Waals surface area contributed by atoms with Gasteiger partial charge in [0.15, 0.2) is 11.8 Å². The summed E-state index contributed by atoms with van der Waals surface area (Å²) < 4.78 is 0.842. The Bertz CT molecular complexity index is 661. The van der Waals surface area contributed by atoms with Crippen LogP contribution in [0.5, 0.6) is 23.3 Å². The van der Waals surface area contributed by atoms with Gasteiger partial charge in [-0.1, -0.05) is 6.07 Å². The van der Waals surface area contributed by atoms with Gasteiger partial charge in [0.05, 0.1) is 0 Å². The lowest BCUT2D eigenvalue weighted by atomic mass is 10.1. The second kappa shape index (κ2) is 5.04. The zero-order valence-corrected chi connectivity index (χ0v) is 10.3. The summed E-state index contributed by atoms with van der Waals surface area (Å²) in [6.07, 6.45) is 0.0815. The van der Waals surface area contributed by atoms with Crippen molar-refractivity contribution in [1.29, 1.82) is 0 Å². The molecule has 7 nitrogen and oxygen atoms in total. The lowest BCUT2D eigenvalue weighted by Crippen LogP contribution is -2.07. The van der Waals surface area contributed by atoms with E-state index in [4.69, 9.17) is 5.11 Å². The second-order valence-corrected chi connectivity index (χ2v) is 4.32. The smallest absolute Gasteiger partial charge is 0.323 e. The van der Waals surface area contributed by atoms with Crippen LogP contribution < -0.4 is 0 Å². The minimum Gasteiger partial charge on any atom is -0.508 e. The number of aromatic hydroxyl groups is 4. The zero-order chi connectivity index (χ0) is 14.9.